The molecular weight excluding hydrogens is 302 g/mol. The van der Waals surface area contributed by atoms with E-state index in [1.165, 1.54) is 12.5 Å². The number of hydrogen-bond donors (Lipinski definition) is 1. The molecule has 5 heteroatoms. The van der Waals surface area contributed by atoms with E-state index < -0.39 is 5.97 Å². The number of esters is 1. The third kappa shape index (κ3) is 5.53. The molecule has 1 aromatic rings. The van der Waals surface area contributed by atoms with Crippen molar-refractivity contribution in [1.82, 2.24) is 5.32 Å². The van der Waals surface area contributed by atoms with Crippen molar-refractivity contribution in [1.29, 1.82) is 0 Å². The van der Waals surface area contributed by atoms with E-state index in [9.17, 15) is 9.59 Å². The summed E-state index contributed by atoms with van der Waals surface area (Å²) in [6, 6.07) is 7.40. The normalized spacial score (nSPS) is 15.7. The fourth-order valence-corrected chi connectivity index (χ4v) is 2.67. The molecule has 0 spiro atoms. The van der Waals surface area contributed by atoms with Crippen LogP contribution in [-0.2, 0) is 14.3 Å². The molecule has 1 aliphatic carbocycles. The molecule has 1 saturated carbocycles. The van der Waals surface area contributed by atoms with Gasteiger partial charge in [-0.05, 0) is 30.5 Å². The van der Waals surface area contributed by atoms with E-state index in [2.05, 4.69) is 5.32 Å². The lowest BCUT2D eigenvalue weighted by Crippen LogP contribution is -2.38. The predicted octanol–water partition coefficient (Wildman–Crippen LogP) is 3.35. The van der Waals surface area contributed by atoms with Gasteiger partial charge in [0.1, 0.15) is 0 Å². The molecule has 1 amide bonds. The van der Waals surface area contributed by atoms with Crippen LogP contribution in [0.1, 0.15) is 37.7 Å². The molecule has 0 saturated heterocycles. The largest absolute Gasteiger partial charge is 0.452 e. The van der Waals surface area contributed by atoms with E-state index >= 15 is 0 Å². The highest BCUT2D eigenvalue weighted by atomic mass is 35.5. The van der Waals surface area contributed by atoms with Crippen molar-refractivity contribution in [3.63, 3.8) is 0 Å². The third-order valence-electron chi connectivity index (χ3n) is 3.62. The minimum atomic E-state index is -0.557. The highest BCUT2D eigenvalue weighted by Crippen LogP contribution is 2.17. The van der Waals surface area contributed by atoms with E-state index in [1.54, 1.807) is 18.2 Å². The van der Waals surface area contributed by atoms with Gasteiger partial charge >= 0.3 is 5.97 Å². The number of ether oxygens (including phenoxy) is 1. The fourth-order valence-electron chi connectivity index (χ4n) is 2.47. The molecule has 22 heavy (non-hydrogen) atoms. The molecule has 118 valence electrons. The summed E-state index contributed by atoms with van der Waals surface area (Å²) < 4.78 is 4.93. The van der Waals surface area contributed by atoms with Crippen LogP contribution < -0.4 is 5.32 Å². The van der Waals surface area contributed by atoms with Crippen LogP contribution in [0.5, 0.6) is 0 Å². The van der Waals surface area contributed by atoms with Crippen LogP contribution in [0.15, 0.2) is 30.3 Å². The zero-order chi connectivity index (χ0) is 15.8. The zero-order valence-corrected chi connectivity index (χ0v) is 13.1. The van der Waals surface area contributed by atoms with E-state index in [4.69, 9.17) is 16.3 Å². The van der Waals surface area contributed by atoms with Crippen molar-refractivity contribution < 1.29 is 14.3 Å². The van der Waals surface area contributed by atoms with Crippen LogP contribution in [-0.4, -0.2) is 24.5 Å². The summed E-state index contributed by atoms with van der Waals surface area (Å²) in [6.45, 7) is -0.248. The number of hydrogen-bond acceptors (Lipinski definition) is 3. The van der Waals surface area contributed by atoms with Gasteiger partial charge in [-0.15, -0.1) is 0 Å². The number of rotatable bonds is 5. The summed E-state index contributed by atoms with van der Waals surface area (Å²) in [5.74, 6) is -0.801. The number of carbonyl (C=O) groups is 2. The van der Waals surface area contributed by atoms with Gasteiger partial charge in [-0.25, -0.2) is 4.79 Å². The first kappa shape index (κ1) is 16.6. The maximum Gasteiger partial charge on any atom is 0.331 e. The lowest BCUT2D eigenvalue weighted by molar-refractivity contribution is -0.144. The maximum atomic E-state index is 11.7. The van der Waals surface area contributed by atoms with Crippen molar-refractivity contribution in [2.45, 2.75) is 38.1 Å². The zero-order valence-electron chi connectivity index (χ0n) is 12.4. The molecule has 1 aromatic carbocycles. The Kier molecular flexibility index (Phi) is 6.46. The van der Waals surface area contributed by atoms with E-state index in [0.29, 0.717) is 5.02 Å². The van der Waals surface area contributed by atoms with Crippen LogP contribution in [0.4, 0.5) is 0 Å². The highest BCUT2D eigenvalue weighted by Gasteiger charge is 2.16. The Balaban J connectivity index is 1.73. The fraction of sp³-hybridized carbons (Fsp3) is 0.412. The van der Waals surface area contributed by atoms with Gasteiger partial charge in [0.25, 0.3) is 5.91 Å². The SMILES string of the molecule is O=C(COC(=O)C=Cc1ccccc1Cl)NC1CCCCC1. The molecular formula is C17H20ClNO3. The quantitative estimate of drug-likeness (QED) is 0.668. The Morgan fingerprint density at radius 2 is 1.95 bits per heavy atom. The van der Waals surface area contributed by atoms with Gasteiger partial charge in [0.05, 0.1) is 0 Å². The smallest absolute Gasteiger partial charge is 0.331 e. The van der Waals surface area contributed by atoms with E-state index in [0.717, 1.165) is 31.2 Å². The first-order valence-electron chi connectivity index (χ1n) is 7.54. The monoisotopic (exact) mass is 321 g/mol. The first-order chi connectivity index (χ1) is 10.6. The van der Waals surface area contributed by atoms with Crippen molar-refractivity contribution in [2.75, 3.05) is 6.61 Å². The van der Waals surface area contributed by atoms with Crippen LogP contribution in [0.3, 0.4) is 0 Å². The van der Waals surface area contributed by atoms with Gasteiger partial charge in [0.15, 0.2) is 6.61 Å². The summed E-state index contributed by atoms with van der Waals surface area (Å²) in [7, 11) is 0. The van der Waals surface area contributed by atoms with Gasteiger partial charge in [0.2, 0.25) is 0 Å². The number of carbonyl (C=O) groups excluding carboxylic acids is 2. The van der Waals surface area contributed by atoms with Crippen molar-refractivity contribution in [2.24, 2.45) is 0 Å². The molecule has 4 nitrogen and oxygen atoms in total. The average molecular weight is 322 g/mol. The van der Waals surface area contributed by atoms with Crippen LogP contribution in [0.2, 0.25) is 5.02 Å². The summed E-state index contributed by atoms with van der Waals surface area (Å²) in [6.07, 6.45) is 8.38. The third-order valence-corrected chi connectivity index (χ3v) is 3.96. The lowest BCUT2D eigenvalue weighted by Gasteiger charge is -2.22. The molecule has 0 bridgehead atoms. The molecule has 0 atom stereocenters. The first-order valence-corrected chi connectivity index (χ1v) is 7.91. The molecule has 0 unspecified atom stereocenters. The maximum absolute atomic E-state index is 11.7. The summed E-state index contributed by atoms with van der Waals surface area (Å²) in [5, 5.41) is 3.45. The second kappa shape index (κ2) is 8.59. The van der Waals surface area contributed by atoms with Crippen molar-refractivity contribution in [3.8, 4) is 0 Å². The lowest BCUT2D eigenvalue weighted by atomic mass is 9.95. The summed E-state index contributed by atoms with van der Waals surface area (Å²) in [5.41, 5.74) is 0.729. The summed E-state index contributed by atoms with van der Waals surface area (Å²) in [4.78, 5) is 23.3. The van der Waals surface area contributed by atoms with Crippen molar-refractivity contribution in [3.05, 3.63) is 40.9 Å². The standard InChI is InChI=1S/C17H20ClNO3/c18-15-9-5-4-6-13(15)10-11-17(21)22-12-16(20)19-14-7-2-1-3-8-14/h4-6,9-11,14H,1-3,7-8,12H2,(H,19,20). The van der Waals surface area contributed by atoms with Crippen LogP contribution >= 0.6 is 11.6 Å². The highest BCUT2D eigenvalue weighted by molar-refractivity contribution is 6.32. The Morgan fingerprint density at radius 3 is 2.68 bits per heavy atom. The molecule has 2 rings (SSSR count). The van der Waals surface area contributed by atoms with Crippen molar-refractivity contribution >= 4 is 29.6 Å². The van der Waals surface area contributed by atoms with Gasteiger partial charge < -0.3 is 10.1 Å². The molecule has 0 radical (unpaired) electrons. The Morgan fingerprint density at radius 1 is 1.23 bits per heavy atom. The second-order valence-electron chi connectivity index (χ2n) is 5.37. The molecule has 1 N–H and O–H groups in total. The van der Waals surface area contributed by atoms with Gasteiger partial charge in [0, 0.05) is 17.1 Å². The number of nitrogens with one attached hydrogen (secondary N) is 1. The van der Waals surface area contributed by atoms with E-state index in [1.807, 2.05) is 12.1 Å². The van der Waals surface area contributed by atoms with Crippen LogP contribution in [0, 0.1) is 0 Å². The minimum absolute atomic E-state index is 0.221. The number of amides is 1. The molecule has 1 aliphatic rings. The van der Waals surface area contributed by atoms with E-state index in [-0.39, 0.29) is 18.6 Å². The molecule has 0 heterocycles. The molecule has 1 fully saturated rings. The Labute approximate surface area is 135 Å². The Bertz CT molecular complexity index is 551. The number of benzene rings is 1. The number of halogens is 1. The topological polar surface area (TPSA) is 55.4 Å². The average Bonchev–Trinajstić information content (AvgIpc) is 2.53. The summed E-state index contributed by atoms with van der Waals surface area (Å²) >= 11 is 5.98. The van der Waals surface area contributed by atoms with Gasteiger partial charge in [-0.2, -0.15) is 0 Å². The van der Waals surface area contributed by atoms with Gasteiger partial charge in [-0.3, -0.25) is 4.79 Å². The molecule has 0 aliphatic heterocycles. The molecule has 0 aromatic heterocycles. The van der Waals surface area contributed by atoms with Crippen LogP contribution in [0.25, 0.3) is 6.08 Å². The Hall–Kier alpha value is -1.81. The second-order valence-corrected chi connectivity index (χ2v) is 5.77. The minimum Gasteiger partial charge on any atom is -0.452 e. The predicted molar refractivity (Wildman–Crippen MR) is 86.5 cm³/mol. The van der Waals surface area contributed by atoms with Gasteiger partial charge in [-0.1, -0.05) is 49.1 Å².